The topological polar surface area (TPSA) is 142 Å². The van der Waals surface area contributed by atoms with Gasteiger partial charge in [0.25, 0.3) is 0 Å². The molecule has 6 aromatic rings. The lowest BCUT2D eigenvalue weighted by molar-refractivity contribution is -0.121. The zero-order chi connectivity index (χ0) is 32.4. The van der Waals surface area contributed by atoms with E-state index in [9.17, 15) is 23.4 Å². The van der Waals surface area contributed by atoms with Crippen LogP contribution in [0.5, 0.6) is 11.5 Å². The van der Waals surface area contributed by atoms with E-state index in [1.807, 2.05) is 48.5 Å². The summed E-state index contributed by atoms with van der Waals surface area (Å²) < 4.78 is 27.7. The number of carbonyl (C=O) groups is 1. The monoisotopic (exact) mass is 632 g/mol. The van der Waals surface area contributed by atoms with Crippen LogP contribution in [-0.4, -0.2) is 40.8 Å². The number of nitrogens with one attached hydrogen (secondary N) is 2. The predicted molar refractivity (Wildman–Crippen MR) is 179 cm³/mol. The number of nitrogens with zero attached hydrogens (tertiary/aromatic N) is 2. The van der Waals surface area contributed by atoms with E-state index in [4.69, 9.17) is 0 Å². The molecule has 2 aromatic heterocycles. The van der Waals surface area contributed by atoms with E-state index < -0.39 is 22.1 Å². The van der Waals surface area contributed by atoms with E-state index in [1.54, 1.807) is 67.8 Å². The Kier molecular flexibility index (Phi) is 8.40. The van der Waals surface area contributed by atoms with E-state index in [1.165, 1.54) is 0 Å². The maximum atomic E-state index is 12.8. The van der Waals surface area contributed by atoms with Gasteiger partial charge in [-0.25, -0.2) is 13.1 Å². The Hall–Kier alpha value is -5.32. The Balaban J connectivity index is 1.55. The van der Waals surface area contributed by atoms with Gasteiger partial charge in [-0.1, -0.05) is 79.7 Å². The molecule has 0 saturated carbocycles. The second kappa shape index (κ2) is 12.6. The van der Waals surface area contributed by atoms with Crippen LogP contribution >= 0.6 is 0 Å². The van der Waals surface area contributed by atoms with Crippen LogP contribution in [0.3, 0.4) is 0 Å². The smallest absolute Gasteiger partial charge is 0.220 e. The summed E-state index contributed by atoms with van der Waals surface area (Å²) in [6, 6.07) is 27.6. The lowest BCUT2D eigenvalue weighted by Gasteiger charge is -2.23. The van der Waals surface area contributed by atoms with Crippen LogP contribution in [0.1, 0.15) is 47.7 Å². The van der Waals surface area contributed by atoms with Gasteiger partial charge in [0.15, 0.2) is 0 Å². The summed E-state index contributed by atoms with van der Waals surface area (Å²) in [4.78, 5) is 21.6. The summed E-state index contributed by atoms with van der Waals surface area (Å²) in [5, 5.41) is 27.3. The molecule has 2 heterocycles. The molecular formula is C36H32N4O5S. The highest BCUT2D eigenvalue weighted by atomic mass is 32.2. The second-order valence-corrected chi connectivity index (χ2v) is 12.8. The van der Waals surface area contributed by atoms with Crippen molar-refractivity contribution in [1.82, 2.24) is 20.0 Å². The number of benzene rings is 4. The van der Waals surface area contributed by atoms with Gasteiger partial charge in [-0.3, -0.25) is 14.8 Å². The van der Waals surface area contributed by atoms with Crippen LogP contribution in [0.2, 0.25) is 0 Å². The van der Waals surface area contributed by atoms with E-state index in [-0.39, 0.29) is 23.8 Å². The van der Waals surface area contributed by atoms with E-state index >= 15 is 0 Å². The summed E-state index contributed by atoms with van der Waals surface area (Å²) in [6.07, 6.45) is 4.50. The summed E-state index contributed by atoms with van der Waals surface area (Å²) >= 11 is 0. The van der Waals surface area contributed by atoms with Crippen LogP contribution in [-0.2, 0) is 14.8 Å². The first-order valence-corrected chi connectivity index (χ1v) is 16.6. The van der Waals surface area contributed by atoms with Gasteiger partial charge >= 0.3 is 0 Å². The molecule has 2 unspecified atom stereocenters. The average molecular weight is 633 g/mol. The van der Waals surface area contributed by atoms with Gasteiger partial charge in [-0.15, -0.1) is 0 Å². The minimum Gasteiger partial charge on any atom is -0.505 e. The number of sulfonamides is 1. The number of aromatic nitrogens is 2. The van der Waals surface area contributed by atoms with Crippen LogP contribution in [0.15, 0.2) is 109 Å². The fourth-order valence-corrected chi connectivity index (χ4v) is 6.44. The summed E-state index contributed by atoms with van der Waals surface area (Å²) in [7, 11) is -3.70. The molecule has 4 N–H and O–H groups in total. The van der Waals surface area contributed by atoms with Crippen molar-refractivity contribution in [1.29, 1.82) is 0 Å². The van der Waals surface area contributed by atoms with Crippen molar-refractivity contribution in [2.75, 3.05) is 6.26 Å². The summed E-state index contributed by atoms with van der Waals surface area (Å²) in [5.74, 6) is -0.360. The summed E-state index contributed by atoms with van der Waals surface area (Å²) in [5.41, 5.74) is 4.33. The van der Waals surface area contributed by atoms with Crippen molar-refractivity contribution >= 4 is 37.7 Å². The van der Waals surface area contributed by atoms with E-state index in [0.717, 1.165) is 17.2 Å². The molecule has 0 fully saturated rings. The highest BCUT2D eigenvalue weighted by Crippen LogP contribution is 2.42. The van der Waals surface area contributed by atoms with Crippen molar-refractivity contribution in [3.8, 4) is 22.6 Å². The standard InChI is InChI=1S/C36H32N4O5S/c1-3-30(41)39-31(27-17-16-23-14-8-18-37-33(23)35(27)42)25-13-7-12-24(20-25)28-21-29(36(43)34-26(28)15-9-19-38-34)32(40-46(2,44)45)22-10-5-4-6-11-22/h4-21,31-32,40,42-43H,3H2,1-2H3,(H,39,41). The highest BCUT2D eigenvalue weighted by Gasteiger charge is 2.26. The molecule has 0 saturated heterocycles. The molecule has 0 aliphatic rings. The van der Waals surface area contributed by atoms with Gasteiger partial charge in [-0.05, 0) is 46.5 Å². The number of hydrogen-bond acceptors (Lipinski definition) is 7. The van der Waals surface area contributed by atoms with Crippen LogP contribution in [0, 0.1) is 0 Å². The molecule has 2 atom stereocenters. The zero-order valence-electron chi connectivity index (χ0n) is 25.2. The van der Waals surface area contributed by atoms with Crippen molar-refractivity contribution in [2.45, 2.75) is 25.4 Å². The number of aromatic hydroxyl groups is 2. The molecule has 4 aromatic carbocycles. The van der Waals surface area contributed by atoms with Crippen molar-refractivity contribution in [3.05, 3.63) is 132 Å². The minimum atomic E-state index is -3.70. The van der Waals surface area contributed by atoms with Crippen LogP contribution < -0.4 is 10.0 Å². The average Bonchev–Trinajstić information content (AvgIpc) is 3.07. The third kappa shape index (κ3) is 6.13. The minimum absolute atomic E-state index is 0.0240. The van der Waals surface area contributed by atoms with Crippen molar-refractivity contribution in [3.63, 3.8) is 0 Å². The maximum Gasteiger partial charge on any atom is 0.220 e. The third-order valence-corrected chi connectivity index (χ3v) is 8.58. The molecular weight excluding hydrogens is 600 g/mol. The zero-order valence-corrected chi connectivity index (χ0v) is 26.0. The predicted octanol–water partition coefficient (Wildman–Crippen LogP) is 6.12. The molecule has 46 heavy (non-hydrogen) atoms. The fourth-order valence-electron chi connectivity index (χ4n) is 5.75. The Labute approximate surface area is 266 Å². The Morgan fingerprint density at radius 1 is 0.761 bits per heavy atom. The molecule has 6 rings (SSSR count). The number of phenolic OH excluding ortho intramolecular Hbond substituents is 2. The van der Waals surface area contributed by atoms with Crippen molar-refractivity contribution in [2.24, 2.45) is 0 Å². The van der Waals surface area contributed by atoms with Gasteiger partial charge in [0.05, 0.1) is 18.3 Å². The summed E-state index contributed by atoms with van der Waals surface area (Å²) in [6.45, 7) is 1.76. The van der Waals surface area contributed by atoms with Crippen molar-refractivity contribution < 1.29 is 23.4 Å². The first-order valence-electron chi connectivity index (χ1n) is 14.7. The Bertz CT molecular complexity index is 2190. The number of pyridine rings is 2. The SMILES string of the molecule is CCC(=O)NC(c1cccc(-c2cc(C(NS(C)(=O)=O)c3ccccc3)c(O)c3ncccc23)c1)c1ccc2cccnc2c1O. The molecule has 9 nitrogen and oxygen atoms in total. The molecule has 0 spiro atoms. The largest absolute Gasteiger partial charge is 0.505 e. The lowest BCUT2D eigenvalue weighted by atomic mass is 9.89. The Morgan fingerprint density at radius 2 is 1.46 bits per heavy atom. The number of phenols is 2. The fraction of sp³-hybridized carbons (Fsp3) is 0.139. The molecule has 0 aliphatic carbocycles. The molecule has 1 amide bonds. The van der Waals surface area contributed by atoms with Gasteiger partial charge in [0.1, 0.15) is 22.5 Å². The molecule has 0 radical (unpaired) electrons. The highest BCUT2D eigenvalue weighted by molar-refractivity contribution is 7.88. The maximum absolute atomic E-state index is 12.8. The first-order chi connectivity index (χ1) is 22.1. The van der Waals surface area contributed by atoms with E-state index in [2.05, 4.69) is 20.0 Å². The van der Waals surface area contributed by atoms with Crippen LogP contribution in [0.25, 0.3) is 32.9 Å². The second-order valence-electron chi connectivity index (χ2n) is 11.1. The number of amides is 1. The molecule has 0 aliphatic heterocycles. The molecule has 10 heteroatoms. The molecule has 232 valence electrons. The quantitative estimate of drug-likeness (QED) is 0.151. The van der Waals surface area contributed by atoms with Gasteiger partial charge < -0.3 is 15.5 Å². The number of rotatable bonds is 9. The van der Waals surface area contributed by atoms with Gasteiger partial charge in [-0.2, -0.15) is 0 Å². The number of hydrogen-bond donors (Lipinski definition) is 4. The third-order valence-electron chi connectivity index (χ3n) is 7.92. The van der Waals surface area contributed by atoms with Gasteiger partial charge in [0, 0.05) is 40.7 Å². The lowest BCUT2D eigenvalue weighted by Crippen LogP contribution is -2.28. The first kappa shape index (κ1) is 30.7. The van der Waals surface area contributed by atoms with Gasteiger partial charge in [0.2, 0.25) is 15.9 Å². The normalized spacial score (nSPS) is 13.0. The number of fused-ring (bicyclic) bond motifs is 2. The Morgan fingerprint density at radius 3 is 2.20 bits per heavy atom. The van der Waals surface area contributed by atoms with E-state index in [0.29, 0.717) is 44.2 Å². The molecule has 0 bridgehead atoms. The number of carbonyl (C=O) groups excluding carboxylic acids is 1. The van der Waals surface area contributed by atoms with Crippen LogP contribution in [0.4, 0.5) is 0 Å².